The normalized spacial score (nSPS) is 11.0. The zero-order valence-corrected chi connectivity index (χ0v) is 34.3. The van der Waals surface area contributed by atoms with Crippen molar-refractivity contribution in [3.63, 3.8) is 0 Å². The fourth-order valence-electron chi connectivity index (χ4n) is 5.55. The van der Waals surface area contributed by atoms with Gasteiger partial charge in [0.2, 0.25) is 0 Å². The molecule has 5 N–H and O–H groups in total. The standard InChI is InChI=1S/C14H11ClN4OS.C14H10ClN3OS.C12H12NO2P/c1-21-14-17-7-8-6-10(9-4-2-3-5-11(9)15)13(20)19(16)12(8)18-14;1-20-14-16-7-8-6-10(13(19)17-12(8)18-14)9-4-2-3-5-11(9)15;13-15-16(14,11-7-3-1-4-8-11)12-9-5-2-6-10-12/h2-7H,16H2,1H3;2-7H,1H3,(H,16,17,18,19);1-10H,13H2. The molecule has 0 bridgehead atoms. The number of halogens is 2. The van der Waals surface area contributed by atoms with E-state index in [1.807, 2.05) is 79.2 Å². The Morgan fingerprint density at radius 1 is 0.667 bits per heavy atom. The Balaban J connectivity index is 0.000000146. The van der Waals surface area contributed by atoms with Crippen molar-refractivity contribution in [2.75, 3.05) is 18.4 Å². The van der Waals surface area contributed by atoms with Gasteiger partial charge in [0.1, 0.15) is 5.65 Å². The molecule has 8 rings (SSSR count). The molecule has 0 aliphatic carbocycles. The number of hydrogen-bond donors (Lipinski definition) is 3. The van der Waals surface area contributed by atoms with Crippen LogP contribution in [0.15, 0.2) is 154 Å². The van der Waals surface area contributed by atoms with E-state index < -0.39 is 7.37 Å². The summed E-state index contributed by atoms with van der Waals surface area (Å²) < 4.78 is 18.4. The van der Waals surface area contributed by atoms with Gasteiger partial charge in [-0.3, -0.25) is 14.2 Å². The molecule has 0 radical (unpaired) electrons. The number of hydrogen-bond acceptors (Lipinski definition) is 12. The molecule has 288 valence electrons. The highest BCUT2D eigenvalue weighted by atomic mass is 35.5. The van der Waals surface area contributed by atoms with Crippen LogP contribution in [-0.4, -0.2) is 42.1 Å². The number of aromatic nitrogens is 6. The van der Waals surface area contributed by atoms with Crippen LogP contribution in [0.4, 0.5) is 0 Å². The molecular formula is C40H33Cl2N8O4PS2. The first-order valence-electron chi connectivity index (χ1n) is 16.8. The van der Waals surface area contributed by atoms with E-state index in [0.29, 0.717) is 69.9 Å². The Bertz CT molecular complexity index is 2810. The van der Waals surface area contributed by atoms with Gasteiger partial charge in [-0.2, -0.15) is 0 Å². The molecule has 57 heavy (non-hydrogen) atoms. The molecule has 4 heterocycles. The molecule has 0 amide bonds. The molecule has 8 aromatic rings. The van der Waals surface area contributed by atoms with Crippen LogP contribution >= 0.6 is 54.1 Å². The van der Waals surface area contributed by atoms with Gasteiger partial charge in [-0.25, -0.2) is 35.1 Å². The number of nitrogens with two attached hydrogens (primary N) is 2. The van der Waals surface area contributed by atoms with Gasteiger partial charge in [-0.05, 0) is 61.0 Å². The zero-order chi connectivity index (χ0) is 40.5. The van der Waals surface area contributed by atoms with E-state index in [2.05, 4.69) is 24.9 Å². The maximum Gasteiger partial charge on any atom is 0.278 e. The molecular weight excluding hydrogens is 823 g/mol. The summed E-state index contributed by atoms with van der Waals surface area (Å²) in [6.07, 6.45) is 7.09. The number of thioether (sulfide) groups is 2. The highest BCUT2D eigenvalue weighted by molar-refractivity contribution is 7.98. The SMILES string of the molecule is CSc1ncc2cc(-c3ccccc3Cl)c(=O)[nH]c2n1.CSc1ncc2cc(-c3ccccc3Cl)c(=O)n(N)c2n1.NOP(=O)(c1ccccc1)c1ccccc1. The molecule has 0 fully saturated rings. The van der Waals surface area contributed by atoms with Gasteiger partial charge < -0.3 is 10.8 Å². The summed E-state index contributed by atoms with van der Waals surface area (Å²) >= 11 is 15.1. The fourth-order valence-corrected chi connectivity index (χ4v) is 8.37. The molecule has 12 nitrogen and oxygen atoms in total. The number of fused-ring (bicyclic) bond motifs is 2. The maximum absolute atomic E-state index is 12.6. The second kappa shape index (κ2) is 18.8. The van der Waals surface area contributed by atoms with Crippen molar-refractivity contribution in [2.24, 2.45) is 5.90 Å². The lowest BCUT2D eigenvalue weighted by Crippen LogP contribution is -2.29. The summed E-state index contributed by atoms with van der Waals surface area (Å²) in [5, 5.41) is 4.88. The molecule has 4 aromatic heterocycles. The number of nitrogens with one attached hydrogen (secondary N) is 1. The topological polar surface area (TPSA) is 185 Å². The zero-order valence-electron chi connectivity index (χ0n) is 30.2. The second-order valence-corrected chi connectivity index (χ2v) is 16.5. The summed E-state index contributed by atoms with van der Waals surface area (Å²) in [6, 6.07) is 35.8. The van der Waals surface area contributed by atoms with Crippen molar-refractivity contribution in [1.82, 2.24) is 29.6 Å². The number of H-pyrrole nitrogens is 1. The Morgan fingerprint density at radius 2 is 1.14 bits per heavy atom. The van der Waals surface area contributed by atoms with Crippen molar-refractivity contribution >= 4 is 86.8 Å². The second-order valence-electron chi connectivity index (χ2n) is 11.8. The molecule has 0 saturated heterocycles. The highest BCUT2D eigenvalue weighted by Gasteiger charge is 2.27. The largest absolute Gasteiger partial charge is 0.334 e. The van der Waals surface area contributed by atoms with Crippen molar-refractivity contribution in [3.8, 4) is 22.3 Å². The van der Waals surface area contributed by atoms with Gasteiger partial charge >= 0.3 is 0 Å². The maximum atomic E-state index is 12.6. The molecule has 0 spiro atoms. The lowest BCUT2D eigenvalue weighted by molar-refractivity contribution is 0.343. The van der Waals surface area contributed by atoms with E-state index in [-0.39, 0.29) is 11.1 Å². The lowest BCUT2D eigenvalue weighted by Gasteiger charge is -2.15. The van der Waals surface area contributed by atoms with Crippen LogP contribution in [0.1, 0.15) is 0 Å². The minimum absolute atomic E-state index is 0.212. The first kappa shape index (κ1) is 41.3. The smallest absolute Gasteiger partial charge is 0.278 e. The van der Waals surface area contributed by atoms with Crippen LogP contribution in [-0.2, 0) is 9.19 Å². The number of rotatable bonds is 7. The average molecular weight is 856 g/mol. The molecule has 0 saturated carbocycles. The van der Waals surface area contributed by atoms with Crippen LogP contribution in [0.3, 0.4) is 0 Å². The lowest BCUT2D eigenvalue weighted by atomic mass is 10.1. The number of nitrogens with zero attached hydrogens (tertiary/aromatic N) is 5. The summed E-state index contributed by atoms with van der Waals surface area (Å²) in [7, 11) is -3.13. The number of benzene rings is 4. The summed E-state index contributed by atoms with van der Waals surface area (Å²) in [5.41, 5.74) is 2.66. The van der Waals surface area contributed by atoms with Crippen LogP contribution in [0.2, 0.25) is 10.0 Å². The van der Waals surface area contributed by atoms with Crippen molar-refractivity contribution in [1.29, 1.82) is 0 Å². The summed E-state index contributed by atoms with van der Waals surface area (Å²) in [6.45, 7) is 0. The molecule has 17 heteroatoms. The quantitative estimate of drug-likeness (QED) is 0.0467. The molecule has 0 aliphatic heterocycles. The van der Waals surface area contributed by atoms with Crippen LogP contribution in [0.5, 0.6) is 0 Å². The van der Waals surface area contributed by atoms with Crippen LogP contribution in [0, 0.1) is 0 Å². The van der Waals surface area contributed by atoms with Gasteiger partial charge in [-0.15, -0.1) is 0 Å². The molecule has 0 unspecified atom stereocenters. The van der Waals surface area contributed by atoms with E-state index in [9.17, 15) is 14.2 Å². The third-order valence-electron chi connectivity index (χ3n) is 8.36. The average Bonchev–Trinajstić information content (AvgIpc) is 3.25. The molecule has 4 aromatic carbocycles. The Kier molecular flexibility index (Phi) is 13.6. The predicted molar refractivity (Wildman–Crippen MR) is 234 cm³/mol. The molecule has 0 aliphatic rings. The van der Waals surface area contributed by atoms with E-state index in [0.717, 1.165) is 10.1 Å². The summed E-state index contributed by atoms with van der Waals surface area (Å²) in [5.74, 6) is 11.1. The Morgan fingerprint density at radius 3 is 1.67 bits per heavy atom. The Hall–Kier alpha value is -5.31. The highest BCUT2D eigenvalue weighted by Crippen LogP contribution is 2.42. The van der Waals surface area contributed by atoms with E-state index >= 15 is 0 Å². The van der Waals surface area contributed by atoms with Gasteiger partial charge in [0.05, 0.1) is 5.56 Å². The van der Waals surface area contributed by atoms with Crippen LogP contribution in [0.25, 0.3) is 44.3 Å². The number of pyridine rings is 2. The first-order valence-corrected chi connectivity index (χ1v) is 21.7. The minimum Gasteiger partial charge on any atom is -0.334 e. The summed E-state index contributed by atoms with van der Waals surface area (Å²) in [4.78, 5) is 44.4. The van der Waals surface area contributed by atoms with Gasteiger partial charge in [0, 0.05) is 60.5 Å². The number of aromatic amines is 1. The van der Waals surface area contributed by atoms with E-state index in [1.54, 1.807) is 67.0 Å². The van der Waals surface area contributed by atoms with Crippen molar-refractivity contribution < 1.29 is 9.19 Å². The first-order chi connectivity index (χ1) is 27.6. The number of nitrogen functional groups attached to an aromatic ring is 1. The predicted octanol–water partition coefficient (Wildman–Crippen LogP) is 7.71. The van der Waals surface area contributed by atoms with Gasteiger partial charge in [0.25, 0.3) is 18.5 Å². The van der Waals surface area contributed by atoms with Gasteiger partial charge in [-0.1, -0.05) is 120 Å². The third-order valence-corrected chi connectivity index (χ3v) is 12.4. The van der Waals surface area contributed by atoms with Crippen LogP contribution < -0.4 is 33.5 Å². The molecule has 0 atom stereocenters. The van der Waals surface area contributed by atoms with E-state index in [1.165, 1.54) is 23.5 Å². The van der Waals surface area contributed by atoms with Gasteiger partial charge in [0.15, 0.2) is 16.0 Å². The van der Waals surface area contributed by atoms with Crippen molar-refractivity contribution in [3.05, 3.63) is 164 Å². The van der Waals surface area contributed by atoms with Crippen molar-refractivity contribution in [2.45, 2.75) is 10.3 Å². The monoisotopic (exact) mass is 854 g/mol. The fraction of sp³-hybridized carbons (Fsp3) is 0.0500. The minimum atomic E-state index is -3.13. The Labute approximate surface area is 345 Å². The third kappa shape index (κ3) is 9.30. The van der Waals surface area contributed by atoms with E-state index in [4.69, 9.17) is 39.6 Å².